The van der Waals surface area contributed by atoms with Crippen LogP contribution in [0, 0.1) is 10.1 Å². The Bertz CT molecular complexity index is 715. The number of hydrogen-bond donors (Lipinski definition) is 1. The van der Waals surface area contributed by atoms with Gasteiger partial charge in [-0.3, -0.25) is 14.9 Å². The third kappa shape index (κ3) is 2.57. The Hall–Kier alpha value is -2.34. The number of likely N-dealkylation sites (tertiary alicyclic amines) is 1. The lowest BCUT2D eigenvalue weighted by atomic mass is 10.1. The summed E-state index contributed by atoms with van der Waals surface area (Å²) >= 11 is 6.06. The second-order valence-electron chi connectivity index (χ2n) is 5.20. The largest absolute Gasteiger partial charge is 0.363 e. The number of nitrogens with zero attached hydrogens (tertiary/aromatic N) is 2. The van der Waals surface area contributed by atoms with Crippen LogP contribution >= 0.6 is 11.6 Å². The molecule has 0 radical (unpaired) electrons. The number of carbonyl (C=O) groups is 1. The Kier molecular flexibility index (Phi) is 3.85. The van der Waals surface area contributed by atoms with E-state index in [-0.39, 0.29) is 22.7 Å². The Morgan fingerprint density at radius 3 is 2.86 bits per heavy atom. The first-order chi connectivity index (χ1) is 10.6. The molecule has 114 valence electrons. The number of halogens is 1. The van der Waals surface area contributed by atoms with Crippen molar-refractivity contribution in [2.24, 2.45) is 0 Å². The number of non-ortho nitro benzene ring substituents is 1. The van der Waals surface area contributed by atoms with Gasteiger partial charge in [0.25, 0.3) is 11.6 Å². The van der Waals surface area contributed by atoms with E-state index in [0.717, 1.165) is 18.5 Å². The molecular formula is C15H14ClN3O3. The van der Waals surface area contributed by atoms with Crippen LogP contribution in [0.4, 0.5) is 5.69 Å². The summed E-state index contributed by atoms with van der Waals surface area (Å²) in [5, 5.41) is 10.9. The number of hydrogen-bond acceptors (Lipinski definition) is 3. The Balaban J connectivity index is 1.89. The van der Waals surface area contributed by atoms with Gasteiger partial charge in [0.1, 0.15) is 0 Å². The number of nitrogens with one attached hydrogen (secondary N) is 1. The molecule has 7 heteroatoms. The van der Waals surface area contributed by atoms with Crippen molar-refractivity contribution in [2.45, 2.75) is 18.9 Å². The van der Waals surface area contributed by atoms with Gasteiger partial charge < -0.3 is 9.88 Å². The maximum absolute atomic E-state index is 12.7. The van der Waals surface area contributed by atoms with Gasteiger partial charge in [0, 0.05) is 30.6 Å². The molecule has 0 saturated carbocycles. The van der Waals surface area contributed by atoms with Crippen molar-refractivity contribution >= 4 is 23.2 Å². The molecule has 1 N–H and O–H groups in total. The van der Waals surface area contributed by atoms with E-state index in [4.69, 9.17) is 11.6 Å². The molecule has 1 aromatic heterocycles. The van der Waals surface area contributed by atoms with Crippen molar-refractivity contribution in [3.8, 4) is 0 Å². The topological polar surface area (TPSA) is 79.2 Å². The fourth-order valence-electron chi connectivity index (χ4n) is 2.83. The van der Waals surface area contributed by atoms with Crippen LogP contribution in [0.2, 0.25) is 5.02 Å². The maximum Gasteiger partial charge on any atom is 0.270 e. The van der Waals surface area contributed by atoms with Gasteiger partial charge in [-0.1, -0.05) is 11.6 Å². The fourth-order valence-corrected chi connectivity index (χ4v) is 3.09. The van der Waals surface area contributed by atoms with Crippen molar-refractivity contribution < 1.29 is 9.72 Å². The maximum atomic E-state index is 12.7. The number of nitro benzene ring substituents is 1. The normalized spacial score (nSPS) is 17.7. The molecule has 0 bridgehead atoms. The number of carbonyl (C=O) groups excluding carboxylic acids is 1. The van der Waals surface area contributed by atoms with Crippen LogP contribution in [-0.4, -0.2) is 27.3 Å². The predicted octanol–water partition coefficient (Wildman–Crippen LogP) is 3.55. The summed E-state index contributed by atoms with van der Waals surface area (Å²) in [5.41, 5.74) is 1.17. The van der Waals surface area contributed by atoms with E-state index in [9.17, 15) is 14.9 Å². The summed E-state index contributed by atoms with van der Waals surface area (Å²) in [4.78, 5) is 27.8. The van der Waals surface area contributed by atoms with Crippen molar-refractivity contribution in [2.75, 3.05) is 6.54 Å². The zero-order valence-electron chi connectivity index (χ0n) is 11.7. The number of benzene rings is 1. The molecule has 22 heavy (non-hydrogen) atoms. The van der Waals surface area contributed by atoms with E-state index in [1.165, 1.54) is 18.2 Å². The smallest absolute Gasteiger partial charge is 0.270 e. The molecule has 2 aromatic rings. The van der Waals surface area contributed by atoms with Gasteiger partial charge in [0.2, 0.25) is 0 Å². The van der Waals surface area contributed by atoms with Crippen LogP contribution in [0.25, 0.3) is 0 Å². The number of H-pyrrole nitrogens is 1. The van der Waals surface area contributed by atoms with Crippen LogP contribution in [0.15, 0.2) is 36.5 Å². The lowest BCUT2D eigenvalue weighted by Crippen LogP contribution is -2.30. The lowest BCUT2D eigenvalue weighted by Gasteiger charge is -2.24. The summed E-state index contributed by atoms with van der Waals surface area (Å²) < 4.78 is 0. The standard InChI is InChI=1S/C15H14ClN3O3/c16-12-9-10(19(21)22)5-6-11(12)15(20)18-8-2-4-14(18)13-3-1-7-17-13/h1,3,5-7,9,14,17H,2,4,8H2/t14-/m1/s1. The highest BCUT2D eigenvalue weighted by molar-refractivity contribution is 6.34. The molecule has 1 aromatic carbocycles. The molecule has 0 aliphatic carbocycles. The Morgan fingerprint density at radius 2 is 2.23 bits per heavy atom. The second-order valence-corrected chi connectivity index (χ2v) is 5.61. The Morgan fingerprint density at radius 1 is 1.41 bits per heavy atom. The molecule has 3 rings (SSSR count). The van der Waals surface area contributed by atoms with Crippen molar-refractivity contribution in [3.05, 3.63) is 62.9 Å². The van der Waals surface area contributed by atoms with Crippen molar-refractivity contribution in [1.29, 1.82) is 0 Å². The second kappa shape index (κ2) is 5.81. The van der Waals surface area contributed by atoms with E-state index in [1.807, 2.05) is 18.3 Å². The molecule has 1 aliphatic heterocycles. The van der Waals surface area contributed by atoms with E-state index < -0.39 is 4.92 Å². The van der Waals surface area contributed by atoms with Gasteiger partial charge in [0.15, 0.2) is 0 Å². The third-order valence-electron chi connectivity index (χ3n) is 3.89. The van der Waals surface area contributed by atoms with Gasteiger partial charge in [-0.15, -0.1) is 0 Å². The van der Waals surface area contributed by atoms with Crippen LogP contribution < -0.4 is 0 Å². The number of nitro groups is 1. The summed E-state index contributed by atoms with van der Waals surface area (Å²) in [5.74, 6) is -0.197. The molecule has 1 aliphatic rings. The minimum absolute atomic E-state index is 0.00578. The zero-order chi connectivity index (χ0) is 15.7. The monoisotopic (exact) mass is 319 g/mol. The van der Waals surface area contributed by atoms with Crippen LogP contribution in [-0.2, 0) is 0 Å². The molecular weight excluding hydrogens is 306 g/mol. The summed E-state index contributed by atoms with van der Waals surface area (Å²) in [7, 11) is 0. The zero-order valence-corrected chi connectivity index (χ0v) is 12.4. The number of aromatic amines is 1. The van der Waals surface area contributed by atoms with Crippen LogP contribution in [0.1, 0.15) is 34.9 Å². The fraction of sp³-hybridized carbons (Fsp3) is 0.267. The summed E-state index contributed by atoms with van der Waals surface area (Å²) in [6.07, 6.45) is 3.63. The minimum Gasteiger partial charge on any atom is -0.363 e. The van der Waals surface area contributed by atoms with Gasteiger partial charge in [-0.2, -0.15) is 0 Å². The van der Waals surface area contributed by atoms with Gasteiger partial charge in [-0.25, -0.2) is 0 Å². The highest BCUT2D eigenvalue weighted by Gasteiger charge is 2.32. The average Bonchev–Trinajstić information content (AvgIpc) is 3.16. The van der Waals surface area contributed by atoms with E-state index >= 15 is 0 Å². The first-order valence-corrected chi connectivity index (χ1v) is 7.34. The molecule has 1 fully saturated rings. The number of rotatable bonds is 3. The van der Waals surface area contributed by atoms with Gasteiger partial charge in [-0.05, 0) is 31.0 Å². The third-order valence-corrected chi connectivity index (χ3v) is 4.20. The number of aromatic nitrogens is 1. The summed E-state index contributed by atoms with van der Waals surface area (Å²) in [6, 6.07) is 7.79. The van der Waals surface area contributed by atoms with Gasteiger partial charge >= 0.3 is 0 Å². The molecule has 1 saturated heterocycles. The number of amides is 1. The quantitative estimate of drug-likeness (QED) is 0.694. The molecule has 0 spiro atoms. The van der Waals surface area contributed by atoms with Crippen molar-refractivity contribution in [3.63, 3.8) is 0 Å². The van der Waals surface area contributed by atoms with E-state index in [2.05, 4.69) is 4.98 Å². The van der Waals surface area contributed by atoms with E-state index in [1.54, 1.807) is 4.90 Å². The summed E-state index contributed by atoms with van der Waals surface area (Å²) in [6.45, 7) is 0.649. The van der Waals surface area contributed by atoms with E-state index in [0.29, 0.717) is 12.1 Å². The first kappa shape index (κ1) is 14.6. The SMILES string of the molecule is O=C(c1ccc([N+](=O)[O-])cc1Cl)N1CCC[C@@H]1c1ccc[nH]1. The molecule has 2 heterocycles. The molecule has 1 atom stereocenters. The molecule has 6 nitrogen and oxygen atoms in total. The highest BCUT2D eigenvalue weighted by atomic mass is 35.5. The van der Waals surface area contributed by atoms with Gasteiger partial charge in [0.05, 0.1) is 21.6 Å². The predicted molar refractivity (Wildman–Crippen MR) is 81.9 cm³/mol. The van der Waals surface area contributed by atoms with Crippen LogP contribution in [0.3, 0.4) is 0 Å². The molecule has 1 amide bonds. The Labute approximate surface area is 131 Å². The lowest BCUT2D eigenvalue weighted by molar-refractivity contribution is -0.384. The highest BCUT2D eigenvalue weighted by Crippen LogP contribution is 2.34. The van der Waals surface area contributed by atoms with Crippen LogP contribution in [0.5, 0.6) is 0 Å². The first-order valence-electron chi connectivity index (χ1n) is 6.96. The van der Waals surface area contributed by atoms with Crippen molar-refractivity contribution in [1.82, 2.24) is 9.88 Å². The average molecular weight is 320 g/mol. The molecule has 0 unspecified atom stereocenters. The minimum atomic E-state index is -0.530.